The summed E-state index contributed by atoms with van der Waals surface area (Å²) in [5.74, 6) is -2.40. The van der Waals surface area contributed by atoms with Crippen LogP contribution in [0.15, 0.2) is 21.8 Å². The minimum atomic E-state index is -2.40. The molecule has 0 N–H and O–H groups in total. The first-order valence-electron chi connectivity index (χ1n) is 2.69. The number of alkyl halides is 2. The second-order valence-electron chi connectivity index (χ2n) is 1.77. The lowest BCUT2D eigenvalue weighted by molar-refractivity contribution is 0.249. The zero-order chi connectivity index (χ0) is 7.56. The van der Waals surface area contributed by atoms with Crippen LogP contribution in [-0.2, 0) is 0 Å². The van der Waals surface area contributed by atoms with E-state index in [2.05, 4.69) is 0 Å². The molecule has 0 bridgehead atoms. The molecule has 0 amide bonds. The first-order chi connectivity index (χ1) is 4.70. The molecule has 0 unspecified atom stereocenters. The lowest BCUT2D eigenvalue weighted by Gasteiger charge is -1.94. The van der Waals surface area contributed by atoms with Crippen LogP contribution in [-0.4, -0.2) is 5.76 Å². The Morgan fingerprint density at radius 3 is 2.70 bits per heavy atom. The molecule has 0 aliphatic carbocycles. The Hall–Kier alpha value is -0.510. The summed E-state index contributed by atoms with van der Waals surface area (Å²) >= 11 is 0.432. The van der Waals surface area contributed by atoms with Gasteiger partial charge in [0.25, 0.3) is 5.76 Å². The van der Waals surface area contributed by atoms with Gasteiger partial charge < -0.3 is 4.42 Å². The Kier molecular flexibility index (Phi) is 2.32. The molecular weight excluding hydrogens is 158 g/mol. The largest absolute Gasteiger partial charge is 0.458 e. The summed E-state index contributed by atoms with van der Waals surface area (Å²) in [5, 5.41) is 0.301. The highest BCUT2D eigenvalue weighted by molar-refractivity contribution is 7.99. The van der Waals surface area contributed by atoms with Crippen LogP contribution < -0.4 is 0 Å². The molecule has 0 spiro atoms. The molecule has 0 saturated heterocycles. The molecule has 0 saturated carbocycles. The van der Waals surface area contributed by atoms with Crippen LogP contribution in [0.25, 0.3) is 0 Å². The fraction of sp³-hybridized carbons (Fsp3) is 0.333. The van der Waals surface area contributed by atoms with Crippen LogP contribution in [0.2, 0.25) is 0 Å². The first kappa shape index (κ1) is 7.60. The molecule has 1 aromatic rings. The fourth-order valence-corrected chi connectivity index (χ4v) is 1.09. The average molecular weight is 164 g/mol. The molecule has 1 aromatic heterocycles. The van der Waals surface area contributed by atoms with Gasteiger partial charge in [0.05, 0.1) is 6.26 Å². The molecule has 56 valence electrons. The average Bonchev–Trinajstić information content (AvgIpc) is 2.15. The van der Waals surface area contributed by atoms with Crippen molar-refractivity contribution < 1.29 is 13.2 Å². The number of hydrogen-bond acceptors (Lipinski definition) is 2. The van der Waals surface area contributed by atoms with Crippen LogP contribution in [0.5, 0.6) is 0 Å². The van der Waals surface area contributed by atoms with E-state index in [0.29, 0.717) is 16.9 Å². The smallest absolute Gasteiger partial charge is 0.291 e. The van der Waals surface area contributed by atoms with E-state index in [1.54, 1.807) is 13.0 Å². The topological polar surface area (TPSA) is 13.1 Å². The van der Waals surface area contributed by atoms with Crippen molar-refractivity contribution in [1.29, 1.82) is 0 Å². The molecule has 0 aliphatic rings. The van der Waals surface area contributed by atoms with Crippen LogP contribution >= 0.6 is 11.8 Å². The van der Waals surface area contributed by atoms with Crippen LogP contribution in [0.1, 0.15) is 5.56 Å². The van der Waals surface area contributed by atoms with Crippen molar-refractivity contribution in [3.05, 3.63) is 17.9 Å². The van der Waals surface area contributed by atoms with Crippen molar-refractivity contribution in [3.63, 3.8) is 0 Å². The molecule has 1 rings (SSSR count). The number of aryl methyl sites for hydroxylation is 1. The lowest BCUT2D eigenvalue weighted by atomic mass is 10.4. The van der Waals surface area contributed by atoms with Gasteiger partial charge in [0.1, 0.15) is 0 Å². The van der Waals surface area contributed by atoms with Gasteiger partial charge in [-0.1, -0.05) is 0 Å². The van der Waals surface area contributed by atoms with Crippen molar-refractivity contribution in [2.45, 2.75) is 17.8 Å². The predicted octanol–water partition coefficient (Wildman–Crippen LogP) is 2.90. The summed E-state index contributed by atoms with van der Waals surface area (Å²) in [6.07, 6.45) is 1.40. The van der Waals surface area contributed by atoms with E-state index in [9.17, 15) is 8.78 Å². The number of rotatable bonds is 2. The highest BCUT2D eigenvalue weighted by Gasteiger charge is 2.09. The lowest BCUT2D eigenvalue weighted by Crippen LogP contribution is -1.79. The van der Waals surface area contributed by atoms with E-state index >= 15 is 0 Å². The quantitative estimate of drug-likeness (QED) is 0.623. The van der Waals surface area contributed by atoms with Crippen molar-refractivity contribution in [3.8, 4) is 0 Å². The van der Waals surface area contributed by atoms with Crippen molar-refractivity contribution in [2.24, 2.45) is 0 Å². The van der Waals surface area contributed by atoms with Crippen LogP contribution in [0.3, 0.4) is 0 Å². The molecule has 1 heterocycles. The van der Waals surface area contributed by atoms with E-state index in [1.165, 1.54) is 6.26 Å². The van der Waals surface area contributed by atoms with E-state index in [0.717, 1.165) is 5.56 Å². The second-order valence-corrected chi connectivity index (χ2v) is 2.73. The van der Waals surface area contributed by atoms with Gasteiger partial charge in [-0.2, -0.15) is 8.78 Å². The van der Waals surface area contributed by atoms with E-state index < -0.39 is 5.76 Å². The Labute approximate surface area is 61.4 Å². The molecule has 0 fully saturated rings. The SMILES string of the molecule is Cc1ccoc1SC(F)F. The highest BCUT2D eigenvalue weighted by atomic mass is 32.2. The Morgan fingerprint density at radius 2 is 2.30 bits per heavy atom. The molecular formula is C6H6F2OS. The normalized spacial score (nSPS) is 10.8. The summed E-state index contributed by atoms with van der Waals surface area (Å²) in [4.78, 5) is 0. The minimum absolute atomic E-state index is 0.301. The molecule has 0 aliphatic heterocycles. The third-order valence-electron chi connectivity index (χ3n) is 1.01. The zero-order valence-corrected chi connectivity index (χ0v) is 6.12. The molecule has 10 heavy (non-hydrogen) atoms. The van der Waals surface area contributed by atoms with Gasteiger partial charge in [0.15, 0.2) is 5.09 Å². The predicted molar refractivity (Wildman–Crippen MR) is 35.3 cm³/mol. The van der Waals surface area contributed by atoms with Gasteiger partial charge in [0, 0.05) is 5.56 Å². The van der Waals surface area contributed by atoms with Gasteiger partial charge in [-0.3, -0.25) is 0 Å². The zero-order valence-electron chi connectivity index (χ0n) is 5.30. The van der Waals surface area contributed by atoms with E-state index in [1.807, 2.05) is 0 Å². The van der Waals surface area contributed by atoms with E-state index in [-0.39, 0.29) is 0 Å². The Morgan fingerprint density at radius 1 is 1.60 bits per heavy atom. The summed E-state index contributed by atoms with van der Waals surface area (Å²) < 4.78 is 28.1. The molecule has 1 nitrogen and oxygen atoms in total. The van der Waals surface area contributed by atoms with Gasteiger partial charge in [-0.25, -0.2) is 0 Å². The third-order valence-corrected chi connectivity index (χ3v) is 1.82. The number of furan rings is 1. The van der Waals surface area contributed by atoms with Crippen molar-refractivity contribution in [2.75, 3.05) is 0 Å². The number of halogens is 2. The Balaban J connectivity index is 2.65. The second kappa shape index (κ2) is 3.05. The van der Waals surface area contributed by atoms with Gasteiger partial charge >= 0.3 is 0 Å². The van der Waals surface area contributed by atoms with Crippen molar-refractivity contribution >= 4 is 11.8 Å². The molecule has 4 heteroatoms. The highest BCUT2D eigenvalue weighted by Crippen LogP contribution is 2.28. The molecule has 0 atom stereocenters. The van der Waals surface area contributed by atoms with Crippen molar-refractivity contribution in [1.82, 2.24) is 0 Å². The van der Waals surface area contributed by atoms with Gasteiger partial charge in [0.2, 0.25) is 0 Å². The third kappa shape index (κ3) is 1.73. The summed E-state index contributed by atoms with van der Waals surface area (Å²) in [6.45, 7) is 1.73. The maximum atomic E-state index is 11.7. The van der Waals surface area contributed by atoms with Gasteiger partial charge in [-0.15, -0.1) is 0 Å². The minimum Gasteiger partial charge on any atom is -0.458 e. The number of thioether (sulfide) groups is 1. The summed E-state index contributed by atoms with van der Waals surface area (Å²) in [5.41, 5.74) is 0.755. The van der Waals surface area contributed by atoms with Crippen LogP contribution in [0.4, 0.5) is 8.78 Å². The van der Waals surface area contributed by atoms with Crippen LogP contribution in [0, 0.1) is 6.92 Å². The maximum absolute atomic E-state index is 11.7. The molecule has 0 radical (unpaired) electrons. The maximum Gasteiger partial charge on any atom is 0.291 e. The van der Waals surface area contributed by atoms with Gasteiger partial charge in [-0.05, 0) is 24.8 Å². The standard InChI is InChI=1S/C6H6F2OS/c1-4-2-3-9-5(4)10-6(7)8/h2-3,6H,1H3. The fourth-order valence-electron chi connectivity index (χ4n) is 0.561. The first-order valence-corrected chi connectivity index (χ1v) is 3.57. The monoisotopic (exact) mass is 164 g/mol. The number of hydrogen-bond donors (Lipinski definition) is 0. The van der Waals surface area contributed by atoms with E-state index in [4.69, 9.17) is 4.42 Å². The Bertz CT molecular complexity index is 209. The summed E-state index contributed by atoms with van der Waals surface area (Å²) in [7, 11) is 0. The molecule has 0 aromatic carbocycles. The summed E-state index contributed by atoms with van der Waals surface area (Å²) in [6, 6.07) is 1.66.